The number of para-hydroxylation sites is 1. The van der Waals surface area contributed by atoms with Crippen LogP contribution < -0.4 is 15.4 Å². The molecule has 29 heavy (non-hydrogen) atoms. The molecular weight excluding hydrogens is 380 g/mol. The van der Waals surface area contributed by atoms with Gasteiger partial charge in [0.2, 0.25) is 0 Å². The molecule has 0 spiro atoms. The molecule has 0 fully saturated rings. The number of amides is 1. The molecule has 5 heteroatoms. The van der Waals surface area contributed by atoms with Gasteiger partial charge in [0.05, 0.1) is 12.0 Å². The number of methoxy groups -OCH3 is 1. The predicted molar refractivity (Wildman–Crippen MR) is 118 cm³/mol. The van der Waals surface area contributed by atoms with Crippen LogP contribution in [0.2, 0.25) is 0 Å². The van der Waals surface area contributed by atoms with Crippen LogP contribution in [0.3, 0.4) is 0 Å². The number of hydrogen-bond acceptors (Lipinski definition) is 3. The molecule has 0 saturated heterocycles. The number of benzene rings is 2. The van der Waals surface area contributed by atoms with Gasteiger partial charge in [-0.25, -0.2) is 0 Å². The maximum atomic E-state index is 12.5. The van der Waals surface area contributed by atoms with Crippen molar-refractivity contribution in [1.82, 2.24) is 5.32 Å². The largest absolute Gasteiger partial charge is 0.496 e. The first-order valence-corrected chi connectivity index (χ1v) is 10.8. The SMILES string of the molecule is COc1ccccc1CNC(=O)C[NH2+][C@H](c1ccc(C(C)C)cc1)c1cccs1. The molecule has 1 atom stereocenters. The second-order valence-electron chi connectivity index (χ2n) is 7.34. The first-order chi connectivity index (χ1) is 14.1. The highest BCUT2D eigenvalue weighted by Gasteiger charge is 2.20. The fraction of sp³-hybridized carbons (Fsp3) is 0.292. The molecule has 3 aromatic rings. The van der Waals surface area contributed by atoms with Crippen LogP contribution in [0, 0.1) is 0 Å². The number of hydrogen-bond donors (Lipinski definition) is 2. The second-order valence-corrected chi connectivity index (χ2v) is 8.32. The lowest BCUT2D eigenvalue weighted by Crippen LogP contribution is -2.87. The maximum absolute atomic E-state index is 12.5. The maximum Gasteiger partial charge on any atom is 0.275 e. The lowest BCUT2D eigenvalue weighted by atomic mass is 9.98. The van der Waals surface area contributed by atoms with E-state index in [1.807, 2.05) is 24.3 Å². The summed E-state index contributed by atoms with van der Waals surface area (Å²) in [6, 6.07) is 20.8. The summed E-state index contributed by atoms with van der Waals surface area (Å²) >= 11 is 1.72. The van der Waals surface area contributed by atoms with Crippen LogP contribution in [0.5, 0.6) is 5.75 Å². The smallest absolute Gasteiger partial charge is 0.275 e. The second kappa shape index (κ2) is 10.2. The number of quaternary nitrogens is 1. The third-order valence-electron chi connectivity index (χ3n) is 5.02. The zero-order valence-electron chi connectivity index (χ0n) is 17.2. The molecule has 4 nitrogen and oxygen atoms in total. The van der Waals surface area contributed by atoms with E-state index < -0.39 is 0 Å². The molecule has 3 rings (SSSR count). The monoisotopic (exact) mass is 409 g/mol. The van der Waals surface area contributed by atoms with Crippen LogP contribution in [-0.4, -0.2) is 19.6 Å². The molecule has 0 unspecified atom stereocenters. The van der Waals surface area contributed by atoms with Crippen molar-refractivity contribution in [2.24, 2.45) is 0 Å². The molecule has 0 aliphatic heterocycles. The summed E-state index contributed by atoms with van der Waals surface area (Å²) < 4.78 is 5.35. The first kappa shape index (κ1) is 21.1. The lowest BCUT2D eigenvalue weighted by molar-refractivity contribution is -0.676. The average Bonchev–Trinajstić information content (AvgIpc) is 3.27. The van der Waals surface area contributed by atoms with Crippen molar-refractivity contribution in [2.75, 3.05) is 13.7 Å². The molecule has 0 aliphatic rings. The minimum atomic E-state index is 0.0104. The van der Waals surface area contributed by atoms with Crippen molar-refractivity contribution in [3.63, 3.8) is 0 Å². The highest BCUT2D eigenvalue weighted by Crippen LogP contribution is 2.24. The summed E-state index contributed by atoms with van der Waals surface area (Å²) in [5, 5.41) is 7.19. The predicted octanol–water partition coefficient (Wildman–Crippen LogP) is 3.85. The van der Waals surface area contributed by atoms with Crippen LogP contribution in [0.25, 0.3) is 0 Å². The van der Waals surface area contributed by atoms with Gasteiger partial charge in [0.15, 0.2) is 6.54 Å². The van der Waals surface area contributed by atoms with Crippen molar-refractivity contribution < 1.29 is 14.8 Å². The minimum Gasteiger partial charge on any atom is -0.496 e. The Morgan fingerprint density at radius 2 is 1.76 bits per heavy atom. The Morgan fingerprint density at radius 3 is 2.41 bits per heavy atom. The van der Waals surface area contributed by atoms with Gasteiger partial charge in [-0.1, -0.05) is 62.4 Å². The van der Waals surface area contributed by atoms with Gasteiger partial charge in [-0.2, -0.15) is 0 Å². The molecule has 2 aromatic carbocycles. The molecule has 1 aromatic heterocycles. The van der Waals surface area contributed by atoms with Gasteiger partial charge < -0.3 is 15.4 Å². The van der Waals surface area contributed by atoms with Gasteiger partial charge in [-0.05, 0) is 29.0 Å². The average molecular weight is 410 g/mol. The summed E-state index contributed by atoms with van der Waals surface area (Å²) in [7, 11) is 1.64. The van der Waals surface area contributed by atoms with Crippen molar-refractivity contribution in [3.05, 3.63) is 87.6 Å². The quantitative estimate of drug-likeness (QED) is 0.564. The Hall–Kier alpha value is -2.63. The van der Waals surface area contributed by atoms with E-state index in [0.29, 0.717) is 19.0 Å². The molecule has 1 amide bonds. The van der Waals surface area contributed by atoms with Crippen LogP contribution in [-0.2, 0) is 11.3 Å². The minimum absolute atomic E-state index is 0.0104. The van der Waals surface area contributed by atoms with E-state index in [-0.39, 0.29) is 11.9 Å². The normalized spacial score (nSPS) is 12.0. The van der Waals surface area contributed by atoms with Crippen molar-refractivity contribution >= 4 is 17.2 Å². The zero-order valence-corrected chi connectivity index (χ0v) is 18.0. The molecule has 0 radical (unpaired) electrons. The van der Waals surface area contributed by atoms with Gasteiger partial charge >= 0.3 is 0 Å². The first-order valence-electron chi connectivity index (χ1n) is 9.93. The van der Waals surface area contributed by atoms with E-state index in [0.717, 1.165) is 11.3 Å². The number of ether oxygens (including phenoxy) is 1. The topological polar surface area (TPSA) is 54.9 Å². The van der Waals surface area contributed by atoms with Crippen LogP contribution in [0.1, 0.15) is 47.4 Å². The Morgan fingerprint density at radius 1 is 1.03 bits per heavy atom. The van der Waals surface area contributed by atoms with Crippen molar-refractivity contribution in [1.29, 1.82) is 0 Å². The number of nitrogens with one attached hydrogen (secondary N) is 1. The summed E-state index contributed by atoms with van der Waals surface area (Å²) in [4.78, 5) is 13.7. The van der Waals surface area contributed by atoms with E-state index in [9.17, 15) is 4.79 Å². The lowest BCUT2D eigenvalue weighted by Gasteiger charge is -2.16. The van der Waals surface area contributed by atoms with Gasteiger partial charge in [-0.3, -0.25) is 4.79 Å². The Bertz CT molecular complexity index is 905. The zero-order chi connectivity index (χ0) is 20.6. The highest BCUT2D eigenvalue weighted by molar-refractivity contribution is 7.10. The van der Waals surface area contributed by atoms with Crippen LogP contribution in [0.4, 0.5) is 0 Å². The third kappa shape index (κ3) is 5.68. The Balaban J connectivity index is 1.63. The molecule has 3 N–H and O–H groups in total. The van der Waals surface area contributed by atoms with Crippen molar-refractivity contribution in [2.45, 2.75) is 32.4 Å². The number of nitrogens with two attached hydrogens (primary N) is 1. The van der Waals surface area contributed by atoms with E-state index in [1.54, 1.807) is 18.4 Å². The molecule has 0 aliphatic carbocycles. The number of thiophene rings is 1. The van der Waals surface area contributed by atoms with E-state index in [4.69, 9.17) is 4.74 Å². The number of carbonyl (C=O) groups excluding carboxylic acids is 1. The van der Waals surface area contributed by atoms with Gasteiger partial charge in [0.25, 0.3) is 5.91 Å². The number of carbonyl (C=O) groups is 1. The van der Waals surface area contributed by atoms with Crippen LogP contribution >= 0.6 is 11.3 Å². The fourth-order valence-corrected chi connectivity index (χ4v) is 4.16. The Kier molecular flexibility index (Phi) is 7.44. The molecule has 1 heterocycles. The van der Waals surface area contributed by atoms with E-state index in [1.165, 1.54) is 16.0 Å². The van der Waals surface area contributed by atoms with Crippen molar-refractivity contribution in [3.8, 4) is 5.75 Å². The molecule has 152 valence electrons. The van der Waals surface area contributed by atoms with Gasteiger partial charge in [-0.15, -0.1) is 11.3 Å². The molecule has 0 bridgehead atoms. The number of rotatable bonds is 9. The molecular formula is C24H29N2O2S+. The van der Waals surface area contributed by atoms with Gasteiger partial charge in [0.1, 0.15) is 11.8 Å². The van der Waals surface area contributed by atoms with E-state index in [2.05, 4.69) is 66.3 Å². The summed E-state index contributed by atoms with van der Waals surface area (Å²) in [6.07, 6.45) is 0. The van der Waals surface area contributed by atoms with Gasteiger partial charge in [0, 0.05) is 17.7 Å². The third-order valence-corrected chi connectivity index (χ3v) is 5.97. The summed E-state index contributed by atoms with van der Waals surface area (Å²) in [5.41, 5.74) is 3.52. The van der Waals surface area contributed by atoms with Crippen LogP contribution in [0.15, 0.2) is 66.0 Å². The highest BCUT2D eigenvalue weighted by atomic mass is 32.1. The molecule has 0 saturated carbocycles. The fourth-order valence-electron chi connectivity index (χ4n) is 3.31. The standard InChI is InChI=1S/C24H28N2O2S/c1-17(2)18-10-12-19(13-11-18)24(22-9-6-14-29-22)26-16-23(27)25-15-20-7-4-5-8-21(20)28-3/h4-14,17,24,26H,15-16H2,1-3H3,(H,25,27)/p+1/t24-/m1/s1. The van der Waals surface area contributed by atoms with E-state index >= 15 is 0 Å². The summed E-state index contributed by atoms with van der Waals surface area (Å²) in [5.74, 6) is 1.31. The Labute approximate surface area is 176 Å². The summed E-state index contributed by atoms with van der Waals surface area (Å²) in [6.45, 7) is 5.22.